The van der Waals surface area contributed by atoms with E-state index >= 15 is 0 Å². The van der Waals surface area contributed by atoms with Crippen LogP contribution in [0.5, 0.6) is 5.75 Å². The molecule has 0 saturated heterocycles. The lowest BCUT2D eigenvalue weighted by atomic mass is 10.1. The number of nitro benzene ring substituents is 1. The standard InChI is InChI=1S/C24H21N3O5/c1-16(17-5-3-2-4-6-17)26-14-19-13-20(9-12-22(19)32-15-23(26)28)25-24(29)18-7-10-21(11-8-18)27(30)31/h2-13,16H,14-15H2,1H3,(H,25,29). The molecular formula is C24H21N3O5. The van der Waals surface area contributed by atoms with Crippen molar-refractivity contribution in [1.82, 2.24) is 4.90 Å². The van der Waals surface area contributed by atoms with Crippen LogP contribution in [-0.4, -0.2) is 28.2 Å². The first-order valence-corrected chi connectivity index (χ1v) is 10.1. The number of fused-ring (bicyclic) bond motifs is 1. The fourth-order valence-corrected chi connectivity index (χ4v) is 3.62. The number of ether oxygens (including phenoxy) is 1. The molecule has 0 saturated carbocycles. The second-order valence-corrected chi connectivity index (χ2v) is 7.48. The molecule has 8 nitrogen and oxygen atoms in total. The van der Waals surface area contributed by atoms with Crippen LogP contribution in [0, 0.1) is 10.1 Å². The molecule has 3 aromatic rings. The number of amides is 2. The van der Waals surface area contributed by atoms with Crippen molar-refractivity contribution in [2.24, 2.45) is 0 Å². The lowest BCUT2D eigenvalue weighted by Crippen LogP contribution is -2.34. The normalized spacial score (nSPS) is 14.0. The van der Waals surface area contributed by atoms with Crippen LogP contribution in [0.1, 0.15) is 34.5 Å². The Morgan fingerprint density at radius 2 is 1.81 bits per heavy atom. The van der Waals surface area contributed by atoms with Gasteiger partial charge in [-0.2, -0.15) is 0 Å². The number of rotatable bonds is 5. The fraction of sp³-hybridized carbons (Fsp3) is 0.167. The summed E-state index contributed by atoms with van der Waals surface area (Å²) in [7, 11) is 0. The molecular weight excluding hydrogens is 410 g/mol. The molecule has 1 unspecified atom stereocenters. The van der Waals surface area contributed by atoms with Crippen LogP contribution < -0.4 is 10.1 Å². The summed E-state index contributed by atoms with van der Waals surface area (Å²) >= 11 is 0. The van der Waals surface area contributed by atoms with Gasteiger partial charge in [0.25, 0.3) is 17.5 Å². The van der Waals surface area contributed by atoms with E-state index in [9.17, 15) is 19.7 Å². The van der Waals surface area contributed by atoms with E-state index in [2.05, 4.69) is 5.32 Å². The maximum atomic E-state index is 12.7. The van der Waals surface area contributed by atoms with E-state index in [1.807, 2.05) is 37.3 Å². The highest BCUT2D eigenvalue weighted by Crippen LogP contribution is 2.31. The van der Waals surface area contributed by atoms with Crippen LogP contribution in [-0.2, 0) is 11.3 Å². The molecule has 4 rings (SSSR count). The van der Waals surface area contributed by atoms with E-state index in [0.717, 1.165) is 11.1 Å². The Hall–Kier alpha value is -4.20. The number of nitrogens with zero attached hydrogens (tertiary/aromatic N) is 2. The average Bonchev–Trinajstić information content (AvgIpc) is 2.97. The second kappa shape index (κ2) is 8.89. The molecule has 0 spiro atoms. The summed E-state index contributed by atoms with van der Waals surface area (Å²) in [5.41, 5.74) is 2.56. The van der Waals surface area contributed by atoms with Gasteiger partial charge in [0.1, 0.15) is 5.75 Å². The van der Waals surface area contributed by atoms with E-state index in [4.69, 9.17) is 4.74 Å². The molecule has 1 heterocycles. The van der Waals surface area contributed by atoms with Crippen molar-refractivity contribution in [2.75, 3.05) is 11.9 Å². The minimum atomic E-state index is -0.516. The van der Waals surface area contributed by atoms with Crippen molar-refractivity contribution >= 4 is 23.2 Å². The minimum Gasteiger partial charge on any atom is -0.483 e. The molecule has 0 aliphatic carbocycles. The fourth-order valence-electron chi connectivity index (χ4n) is 3.62. The molecule has 3 aromatic carbocycles. The molecule has 0 radical (unpaired) electrons. The van der Waals surface area contributed by atoms with Crippen molar-refractivity contribution in [3.8, 4) is 5.75 Å². The van der Waals surface area contributed by atoms with Crippen molar-refractivity contribution in [2.45, 2.75) is 19.5 Å². The predicted octanol–water partition coefficient (Wildman–Crippen LogP) is 4.33. The minimum absolute atomic E-state index is 0.0569. The van der Waals surface area contributed by atoms with Crippen molar-refractivity contribution in [3.63, 3.8) is 0 Å². The van der Waals surface area contributed by atoms with Gasteiger partial charge in [0.15, 0.2) is 6.61 Å². The van der Waals surface area contributed by atoms with Crippen LogP contribution in [0.3, 0.4) is 0 Å². The van der Waals surface area contributed by atoms with Crippen molar-refractivity contribution < 1.29 is 19.2 Å². The third-order valence-electron chi connectivity index (χ3n) is 5.42. The molecule has 1 N–H and O–H groups in total. The number of nitrogens with one attached hydrogen (secondary N) is 1. The first-order valence-electron chi connectivity index (χ1n) is 10.1. The molecule has 1 atom stereocenters. The highest BCUT2D eigenvalue weighted by Gasteiger charge is 2.26. The lowest BCUT2D eigenvalue weighted by molar-refractivity contribution is -0.384. The van der Waals surface area contributed by atoms with Gasteiger partial charge in [-0.05, 0) is 42.8 Å². The van der Waals surface area contributed by atoms with Crippen molar-refractivity contribution in [3.05, 3.63) is 99.6 Å². The summed E-state index contributed by atoms with van der Waals surface area (Å²) in [6.45, 7) is 2.25. The zero-order chi connectivity index (χ0) is 22.7. The van der Waals surface area contributed by atoms with Gasteiger partial charge in [0, 0.05) is 28.9 Å². The molecule has 0 fully saturated rings. The molecule has 1 aliphatic rings. The number of benzene rings is 3. The molecule has 2 amide bonds. The number of carbonyl (C=O) groups excluding carboxylic acids is 2. The van der Waals surface area contributed by atoms with E-state index in [-0.39, 0.29) is 30.2 Å². The molecule has 0 bridgehead atoms. The summed E-state index contributed by atoms with van der Waals surface area (Å²) < 4.78 is 5.69. The van der Waals surface area contributed by atoms with Crippen LogP contribution in [0.25, 0.3) is 0 Å². The van der Waals surface area contributed by atoms with Gasteiger partial charge in [-0.3, -0.25) is 19.7 Å². The molecule has 0 aromatic heterocycles. The SMILES string of the molecule is CC(c1ccccc1)N1Cc2cc(NC(=O)c3ccc([N+](=O)[O-])cc3)ccc2OCC1=O. The van der Waals surface area contributed by atoms with Crippen LogP contribution in [0.4, 0.5) is 11.4 Å². The maximum Gasteiger partial charge on any atom is 0.269 e. The number of hydrogen-bond donors (Lipinski definition) is 1. The van der Waals surface area contributed by atoms with Crippen LogP contribution in [0.15, 0.2) is 72.8 Å². The number of non-ortho nitro benzene ring substituents is 1. The highest BCUT2D eigenvalue weighted by atomic mass is 16.6. The Morgan fingerprint density at radius 1 is 1.09 bits per heavy atom. The van der Waals surface area contributed by atoms with Gasteiger partial charge < -0.3 is 15.0 Å². The molecule has 1 aliphatic heterocycles. The van der Waals surface area contributed by atoms with Gasteiger partial charge >= 0.3 is 0 Å². The van der Waals surface area contributed by atoms with Gasteiger partial charge in [0.2, 0.25) is 0 Å². The van der Waals surface area contributed by atoms with Crippen LogP contribution >= 0.6 is 0 Å². The molecule has 162 valence electrons. The number of anilines is 1. The van der Waals surface area contributed by atoms with Gasteiger partial charge in [-0.25, -0.2) is 0 Å². The highest BCUT2D eigenvalue weighted by molar-refractivity contribution is 6.04. The number of hydrogen-bond acceptors (Lipinski definition) is 5. The van der Waals surface area contributed by atoms with Crippen LogP contribution in [0.2, 0.25) is 0 Å². The Morgan fingerprint density at radius 3 is 2.50 bits per heavy atom. The Kier molecular flexibility index (Phi) is 5.85. The summed E-state index contributed by atoms with van der Waals surface area (Å²) in [5, 5.41) is 13.6. The first-order chi connectivity index (χ1) is 15.4. The van der Waals surface area contributed by atoms with Gasteiger partial charge in [0.05, 0.1) is 17.5 Å². The monoisotopic (exact) mass is 431 g/mol. The first kappa shape index (κ1) is 21.0. The van der Waals surface area contributed by atoms with E-state index in [1.165, 1.54) is 24.3 Å². The quantitative estimate of drug-likeness (QED) is 0.479. The van der Waals surface area contributed by atoms with E-state index < -0.39 is 4.92 Å². The summed E-state index contributed by atoms with van der Waals surface area (Å²) in [4.78, 5) is 37.3. The largest absolute Gasteiger partial charge is 0.483 e. The van der Waals surface area contributed by atoms with Crippen molar-refractivity contribution in [1.29, 1.82) is 0 Å². The number of nitro groups is 1. The molecule has 32 heavy (non-hydrogen) atoms. The zero-order valence-electron chi connectivity index (χ0n) is 17.4. The summed E-state index contributed by atoms with van der Waals surface area (Å²) in [5.74, 6) is 0.0865. The summed E-state index contributed by atoms with van der Waals surface area (Å²) in [6, 6.07) is 20.2. The van der Waals surface area contributed by atoms with Gasteiger partial charge in [-0.1, -0.05) is 30.3 Å². The van der Waals surface area contributed by atoms with E-state index in [0.29, 0.717) is 23.5 Å². The third-order valence-corrected chi connectivity index (χ3v) is 5.42. The zero-order valence-corrected chi connectivity index (χ0v) is 17.4. The van der Waals surface area contributed by atoms with E-state index in [1.54, 1.807) is 23.1 Å². The molecule has 8 heteroatoms. The van der Waals surface area contributed by atoms with Gasteiger partial charge in [-0.15, -0.1) is 0 Å². The Labute approximate surface area is 184 Å². The Balaban J connectivity index is 1.54. The number of carbonyl (C=O) groups is 2. The smallest absolute Gasteiger partial charge is 0.269 e. The topological polar surface area (TPSA) is 102 Å². The lowest BCUT2D eigenvalue weighted by Gasteiger charge is -2.28. The Bertz CT molecular complexity index is 1160. The average molecular weight is 431 g/mol. The predicted molar refractivity (Wildman–Crippen MR) is 118 cm³/mol. The second-order valence-electron chi connectivity index (χ2n) is 7.48. The third kappa shape index (κ3) is 4.44. The maximum absolute atomic E-state index is 12.7. The summed E-state index contributed by atoms with van der Waals surface area (Å²) in [6.07, 6.45) is 0.